The summed E-state index contributed by atoms with van der Waals surface area (Å²) in [5.74, 6) is 0. The van der Waals surface area contributed by atoms with Crippen molar-refractivity contribution in [3.05, 3.63) is 23.8 Å². The number of rotatable bonds is 6. The van der Waals surface area contributed by atoms with Crippen LogP contribution in [0.3, 0.4) is 0 Å². The van der Waals surface area contributed by atoms with Crippen molar-refractivity contribution in [3.63, 3.8) is 0 Å². The van der Waals surface area contributed by atoms with Crippen LogP contribution >= 0.6 is 0 Å². The zero-order valence-corrected chi connectivity index (χ0v) is 13.2. The fourth-order valence-electron chi connectivity index (χ4n) is 2.65. The summed E-state index contributed by atoms with van der Waals surface area (Å²) in [5, 5.41) is 3.55. The Morgan fingerprint density at radius 1 is 1.25 bits per heavy atom. The van der Waals surface area contributed by atoms with Gasteiger partial charge in [-0.25, -0.2) is 0 Å². The highest BCUT2D eigenvalue weighted by Crippen LogP contribution is 2.28. The topological polar surface area (TPSA) is 41.3 Å². The first kappa shape index (κ1) is 15.1. The molecule has 0 unspecified atom stereocenters. The highest BCUT2D eigenvalue weighted by molar-refractivity contribution is 5.62. The smallest absolute Gasteiger partial charge is 0.0907 e. The summed E-state index contributed by atoms with van der Waals surface area (Å²) >= 11 is 0. The Hall–Kier alpha value is -1.26. The molecule has 0 aromatic heterocycles. The number of fused-ring (bicyclic) bond motifs is 1. The zero-order chi connectivity index (χ0) is 14.6. The molecule has 3 N–H and O–H groups in total. The van der Waals surface area contributed by atoms with Crippen LogP contribution in [0.5, 0.6) is 0 Å². The lowest BCUT2D eigenvalue weighted by atomic mass is 10.0. The largest absolute Gasteiger partial charge is 0.399 e. The van der Waals surface area contributed by atoms with E-state index in [0.717, 1.165) is 42.9 Å². The number of hydrogen-bond acceptors (Lipinski definition) is 3. The minimum Gasteiger partial charge on any atom is -0.399 e. The normalized spacial score (nSPS) is 15.2. The summed E-state index contributed by atoms with van der Waals surface area (Å²) in [6.45, 7) is 5.47. The van der Waals surface area contributed by atoms with Crippen molar-refractivity contribution in [3.8, 4) is 0 Å². The van der Waals surface area contributed by atoms with Crippen molar-refractivity contribution in [1.82, 2.24) is 5.32 Å². The van der Waals surface area contributed by atoms with Crippen LogP contribution in [0.25, 0.3) is 0 Å². The number of quaternary nitrogens is 1. The standard InChI is InChI=1S/C16H29N4/c1-20(2,3)12-9-18-8-11-19-10-4-5-14-6-7-15(17)13-16(14)19/h6-7,13,18H,4-5,8-12,17H2,1-3H3/q+1. The van der Waals surface area contributed by atoms with Crippen LogP contribution in [-0.2, 0) is 6.42 Å². The first-order chi connectivity index (χ1) is 9.46. The maximum Gasteiger partial charge on any atom is 0.0907 e. The number of nitrogens with two attached hydrogens (primary N) is 1. The van der Waals surface area contributed by atoms with Gasteiger partial charge in [-0.05, 0) is 30.5 Å². The monoisotopic (exact) mass is 277 g/mol. The number of hydrogen-bond donors (Lipinski definition) is 2. The van der Waals surface area contributed by atoms with Gasteiger partial charge in [0.1, 0.15) is 0 Å². The van der Waals surface area contributed by atoms with E-state index < -0.39 is 0 Å². The average Bonchev–Trinajstić information content (AvgIpc) is 2.37. The Kier molecular flexibility index (Phi) is 4.89. The zero-order valence-electron chi connectivity index (χ0n) is 13.2. The van der Waals surface area contributed by atoms with Crippen molar-refractivity contribution in [2.75, 3.05) is 64.5 Å². The maximum absolute atomic E-state index is 5.92. The Morgan fingerprint density at radius 2 is 2.05 bits per heavy atom. The third-order valence-corrected chi connectivity index (χ3v) is 3.84. The Labute approximate surface area is 123 Å². The highest BCUT2D eigenvalue weighted by atomic mass is 15.3. The van der Waals surface area contributed by atoms with E-state index in [1.54, 1.807) is 0 Å². The van der Waals surface area contributed by atoms with Crippen LogP contribution in [-0.4, -0.2) is 58.3 Å². The molecule has 0 fully saturated rings. The molecule has 1 aliphatic heterocycles. The van der Waals surface area contributed by atoms with Gasteiger partial charge in [-0.3, -0.25) is 0 Å². The van der Waals surface area contributed by atoms with E-state index in [4.69, 9.17) is 5.73 Å². The average molecular weight is 277 g/mol. The van der Waals surface area contributed by atoms with Gasteiger partial charge in [0.15, 0.2) is 0 Å². The van der Waals surface area contributed by atoms with Crippen LogP contribution in [0.4, 0.5) is 11.4 Å². The molecule has 1 heterocycles. The van der Waals surface area contributed by atoms with E-state index >= 15 is 0 Å². The predicted molar refractivity (Wildman–Crippen MR) is 87.2 cm³/mol. The van der Waals surface area contributed by atoms with Crippen molar-refractivity contribution < 1.29 is 4.48 Å². The Balaban J connectivity index is 1.82. The molecule has 0 bridgehead atoms. The van der Waals surface area contributed by atoms with Crippen LogP contribution < -0.4 is 16.0 Å². The lowest BCUT2D eigenvalue weighted by Crippen LogP contribution is -2.42. The second-order valence-corrected chi connectivity index (χ2v) is 6.74. The van der Waals surface area contributed by atoms with Gasteiger partial charge in [-0.2, -0.15) is 0 Å². The van der Waals surface area contributed by atoms with E-state index in [9.17, 15) is 0 Å². The molecule has 0 spiro atoms. The number of likely N-dealkylation sites (N-methyl/N-ethyl adjacent to an activating group) is 1. The molecule has 0 saturated heterocycles. The Morgan fingerprint density at radius 3 is 2.80 bits per heavy atom. The summed E-state index contributed by atoms with van der Waals surface area (Å²) < 4.78 is 1.01. The van der Waals surface area contributed by atoms with E-state index in [1.807, 2.05) is 6.07 Å². The first-order valence-electron chi connectivity index (χ1n) is 7.60. The van der Waals surface area contributed by atoms with Gasteiger partial charge in [0.2, 0.25) is 0 Å². The van der Waals surface area contributed by atoms with E-state index in [2.05, 4.69) is 43.5 Å². The number of aryl methyl sites for hydroxylation is 1. The second kappa shape index (κ2) is 6.46. The molecular formula is C16H29N4+. The van der Waals surface area contributed by atoms with Gasteiger partial charge in [0.25, 0.3) is 0 Å². The molecule has 0 aliphatic carbocycles. The van der Waals surface area contributed by atoms with Gasteiger partial charge < -0.3 is 20.4 Å². The van der Waals surface area contributed by atoms with Gasteiger partial charge in [-0.15, -0.1) is 0 Å². The number of benzene rings is 1. The fraction of sp³-hybridized carbons (Fsp3) is 0.625. The number of nitrogens with one attached hydrogen (secondary N) is 1. The van der Waals surface area contributed by atoms with Crippen LogP contribution in [0.1, 0.15) is 12.0 Å². The van der Waals surface area contributed by atoms with Crippen molar-refractivity contribution in [2.45, 2.75) is 12.8 Å². The molecular weight excluding hydrogens is 248 g/mol. The van der Waals surface area contributed by atoms with E-state index in [1.165, 1.54) is 24.1 Å². The molecule has 1 aliphatic rings. The van der Waals surface area contributed by atoms with Gasteiger partial charge in [-0.1, -0.05) is 6.07 Å². The molecule has 4 nitrogen and oxygen atoms in total. The van der Waals surface area contributed by atoms with Crippen molar-refractivity contribution >= 4 is 11.4 Å². The third-order valence-electron chi connectivity index (χ3n) is 3.84. The molecule has 1 aromatic carbocycles. The highest BCUT2D eigenvalue weighted by Gasteiger charge is 2.16. The molecule has 4 heteroatoms. The molecule has 0 atom stereocenters. The quantitative estimate of drug-likeness (QED) is 0.468. The summed E-state index contributed by atoms with van der Waals surface area (Å²) in [6, 6.07) is 6.32. The molecule has 112 valence electrons. The van der Waals surface area contributed by atoms with Gasteiger partial charge in [0, 0.05) is 37.6 Å². The molecule has 1 aromatic rings. The second-order valence-electron chi connectivity index (χ2n) is 6.74. The molecule has 0 saturated carbocycles. The SMILES string of the molecule is C[N+](C)(C)CCNCCN1CCCc2ccc(N)cc21. The summed E-state index contributed by atoms with van der Waals surface area (Å²) in [7, 11) is 6.68. The van der Waals surface area contributed by atoms with Crippen LogP contribution in [0.2, 0.25) is 0 Å². The first-order valence-corrected chi connectivity index (χ1v) is 7.60. The van der Waals surface area contributed by atoms with Crippen molar-refractivity contribution in [1.29, 1.82) is 0 Å². The summed E-state index contributed by atoms with van der Waals surface area (Å²) in [4.78, 5) is 2.47. The van der Waals surface area contributed by atoms with Crippen LogP contribution in [0.15, 0.2) is 18.2 Å². The fourth-order valence-corrected chi connectivity index (χ4v) is 2.65. The van der Waals surface area contributed by atoms with Crippen molar-refractivity contribution in [2.24, 2.45) is 0 Å². The molecule has 0 amide bonds. The lowest BCUT2D eigenvalue weighted by Gasteiger charge is -2.32. The number of nitrogen functional groups attached to an aromatic ring is 1. The minimum absolute atomic E-state index is 0.869. The number of nitrogens with zero attached hydrogens (tertiary/aromatic N) is 2. The predicted octanol–water partition coefficient (Wildman–Crippen LogP) is 1.32. The minimum atomic E-state index is 0.869. The Bertz CT molecular complexity index is 437. The number of anilines is 2. The van der Waals surface area contributed by atoms with Crippen LogP contribution in [0, 0.1) is 0 Å². The van der Waals surface area contributed by atoms with Gasteiger partial charge in [0.05, 0.1) is 27.7 Å². The summed E-state index contributed by atoms with van der Waals surface area (Å²) in [6.07, 6.45) is 2.43. The van der Waals surface area contributed by atoms with Gasteiger partial charge >= 0.3 is 0 Å². The third kappa shape index (κ3) is 4.39. The molecule has 0 radical (unpaired) electrons. The summed E-state index contributed by atoms with van der Waals surface area (Å²) in [5.41, 5.74) is 9.57. The lowest BCUT2D eigenvalue weighted by molar-refractivity contribution is -0.869. The van der Waals surface area contributed by atoms with E-state index in [-0.39, 0.29) is 0 Å². The molecule has 20 heavy (non-hydrogen) atoms. The maximum atomic E-state index is 5.92. The van der Waals surface area contributed by atoms with E-state index in [0.29, 0.717) is 0 Å². The molecule has 2 rings (SSSR count).